The van der Waals surface area contributed by atoms with Gasteiger partial charge in [0.25, 0.3) is 0 Å². The molecule has 2 N–H and O–H groups in total. The van der Waals surface area contributed by atoms with E-state index in [9.17, 15) is 15.0 Å². The molecule has 2 aromatic carbocycles. The Morgan fingerprint density at radius 1 is 1.08 bits per heavy atom. The fourth-order valence-electron chi connectivity index (χ4n) is 4.90. The molecular weight excluding hydrogens is 488 g/mol. The van der Waals surface area contributed by atoms with E-state index in [4.69, 9.17) is 9.47 Å². The lowest BCUT2D eigenvalue weighted by Gasteiger charge is -2.38. The zero-order valence-electron chi connectivity index (χ0n) is 20.9. The number of aliphatic hydroxyl groups is 2. The number of piperidine rings is 1. The lowest BCUT2D eigenvalue weighted by Crippen LogP contribution is -2.45. The maximum Gasteiger partial charge on any atom is 0.246 e. The number of nitrogens with zero attached hydrogens (tertiary/aromatic N) is 2. The highest BCUT2D eigenvalue weighted by Crippen LogP contribution is 2.39. The number of likely N-dealkylation sites (tertiary alicyclic amines) is 1. The highest BCUT2D eigenvalue weighted by molar-refractivity contribution is 7.19. The van der Waals surface area contributed by atoms with Crippen LogP contribution in [0.5, 0.6) is 5.75 Å². The van der Waals surface area contributed by atoms with Crippen molar-refractivity contribution in [2.45, 2.75) is 24.5 Å². The van der Waals surface area contributed by atoms with Crippen molar-refractivity contribution in [3.8, 4) is 5.75 Å². The van der Waals surface area contributed by atoms with E-state index >= 15 is 0 Å². The van der Waals surface area contributed by atoms with Crippen LogP contribution in [-0.2, 0) is 15.1 Å². The van der Waals surface area contributed by atoms with Crippen molar-refractivity contribution in [2.24, 2.45) is 0 Å². The van der Waals surface area contributed by atoms with Gasteiger partial charge in [0.05, 0.1) is 13.2 Å². The molecule has 2 aliphatic rings. The number of carbonyl (C=O) groups excluding carboxylic acids is 1. The third-order valence-electron chi connectivity index (χ3n) is 7.11. The van der Waals surface area contributed by atoms with Crippen molar-refractivity contribution in [3.63, 3.8) is 0 Å². The smallest absolute Gasteiger partial charge is 0.246 e. The first kappa shape index (κ1) is 25.9. The Morgan fingerprint density at radius 2 is 1.81 bits per heavy atom. The van der Waals surface area contributed by atoms with Gasteiger partial charge < -0.3 is 29.5 Å². The number of amides is 1. The normalized spacial score (nSPS) is 19.4. The standard InChI is InChI=1S/C29H34N2O5S/c32-24(20-30-13-11-29(34,12-14-30)27-19-23-6-2-4-8-26(23)37-27)21-36-25-7-3-1-5-22(25)9-10-28(33)31-15-17-35-18-16-31/h1-10,19,24,32,34H,11-18,20-21H2. The molecule has 0 spiro atoms. The molecule has 2 aliphatic heterocycles. The summed E-state index contributed by atoms with van der Waals surface area (Å²) in [5.41, 5.74) is -0.0198. The third-order valence-corrected chi connectivity index (χ3v) is 8.42. The van der Waals surface area contributed by atoms with E-state index in [0.717, 1.165) is 10.4 Å². The number of rotatable bonds is 8. The van der Waals surface area contributed by atoms with Gasteiger partial charge >= 0.3 is 0 Å². The number of morpholine rings is 1. The molecule has 2 saturated heterocycles. The molecule has 0 aliphatic carbocycles. The van der Waals surface area contributed by atoms with Gasteiger partial charge in [0.15, 0.2) is 0 Å². The second-order valence-electron chi connectivity index (χ2n) is 9.75. The Bertz CT molecular complexity index is 1190. The lowest BCUT2D eigenvalue weighted by molar-refractivity contribution is -0.129. The summed E-state index contributed by atoms with van der Waals surface area (Å²) >= 11 is 1.67. The van der Waals surface area contributed by atoms with Crippen LogP contribution in [-0.4, -0.2) is 84.6 Å². The maximum atomic E-state index is 12.4. The average molecular weight is 523 g/mol. The van der Waals surface area contributed by atoms with Crippen LogP contribution in [0.2, 0.25) is 0 Å². The largest absolute Gasteiger partial charge is 0.490 e. The summed E-state index contributed by atoms with van der Waals surface area (Å²) in [7, 11) is 0. The first-order chi connectivity index (χ1) is 18.0. The SMILES string of the molecule is O=C(C=Cc1ccccc1OCC(O)CN1CCC(O)(c2cc3ccccc3s2)CC1)N1CCOCC1. The molecule has 1 amide bonds. The molecule has 2 fully saturated rings. The number of hydrogen-bond donors (Lipinski definition) is 2. The average Bonchev–Trinajstić information content (AvgIpc) is 3.38. The molecule has 0 radical (unpaired) electrons. The minimum absolute atomic E-state index is 0.0427. The number of para-hydroxylation sites is 1. The Morgan fingerprint density at radius 3 is 2.59 bits per heavy atom. The van der Waals surface area contributed by atoms with Crippen molar-refractivity contribution < 1.29 is 24.5 Å². The minimum atomic E-state index is -0.814. The molecule has 196 valence electrons. The van der Waals surface area contributed by atoms with E-state index in [1.165, 1.54) is 10.1 Å². The number of aliphatic hydroxyl groups excluding tert-OH is 1. The molecule has 8 heteroatoms. The Kier molecular flexibility index (Phi) is 8.22. The fourth-order valence-corrected chi connectivity index (χ4v) is 6.11. The predicted molar refractivity (Wildman–Crippen MR) is 146 cm³/mol. The summed E-state index contributed by atoms with van der Waals surface area (Å²) in [4.78, 5) is 17.4. The van der Waals surface area contributed by atoms with Gasteiger partial charge in [0.1, 0.15) is 24.1 Å². The number of thiophene rings is 1. The van der Waals surface area contributed by atoms with Crippen LogP contribution < -0.4 is 4.74 Å². The number of hydrogen-bond acceptors (Lipinski definition) is 7. The lowest BCUT2D eigenvalue weighted by atomic mass is 9.89. The number of ether oxygens (including phenoxy) is 2. The van der Waals surface area contributed by atoms with Gasteiger partial charge in [-0.05, 0) is 42.5 Å². The predicted octanol–water partition coefficient (Wildman–Crippen LogP) is 3.50. The summed E-state index contributed by atoms with van der Waals surface area (Å²) in [6.45, 7) is 4.40. The van der Waals surface area contributed by atoms with Gasteiger partial charge in [0, 0.05) is 53.9 Å². The van der Waals surface area contributed by atoms with E-state index in [1.54, 1.807) is 28.4 Å². The Balaban J connectivity index is 1.11. The van der Waals surface area contributed by atoms with Gasteiger partial charge in [0.2, 0.25) is 5.91 Å². The molecule has 1 aromatic heterocycles. The zero-order chi connectivity index (χ0) is 25.7. The molecule has 37 heavy (non-hydrogen) atoms. The monoisotopic (exact) mass is 522 g/mol. The number of carbonyl (C=O) groups is 1. The van der Waals surface area contributed by atoms with Gasteiger partial charge in [-0.15, -0.1) is 11.3 Å². The van der Waals surface area contributed by atoms with Gasteiger partial charge in [-0.1, -0.05) is 36.4 Å². The first-order valence-corrected chi connectivity index (χ1v) is 13.7. The second-order valence-corrected chi connectivity index (χ2v) is 10.8. The van der Waals surface area contributed by atoms with Crippen molar-refractivity contribution in [1.82, 2.24) is 9.80 Å². The van der Waals surface area contributed by atoms with Crippen LogP contribution in [0.25, 0.3) is 16.2 Å². The molecule has 0 saturated carbocycles. The van der Waals surface area contributed by atoms with Gasteiger partial charge in [-0.2, -0.15) is 0 Å². The van der Waals surface area contributed by atoms with Crippen molar-refractivity contribution in [3.05, 3.63) is 71.1 Å². The topological polar surface area (TPSA) is 82.5 Å². The molecule has 1 unspecified atom stereocenters. The van der Waals surface area contributed by atoms with E-state index in [0.29, 0.717) is 64.5 Å². The zero-order valence-corrected chi connectivity index (χ0v) is 21.7. The fraction of sp³-hybridized carbons (Fsp3) is 0.414. The summed E-state index contributed by atoms with van der Waals surface area (Å²) < 4.78 is 12.4. The van der Waals surface area contributed by atoms with E-state index in [2.05, 4.69) is 23.1 Å². The van der Waals surface area contributed by atoms with Crippen LogP contribution >= 0.6 is 11.3 Å². The molecule has 7 nitrogen and oxygen atoms in total. The van der Waals surface area contributed by atoms with Crippen molar-refractivity contribution >= 4 is 33.4 Å². The Hall–Kier alpha value is -2.75. The quantitative estimate of drug-likeness (QED) is 0.441. The summed E-state index contributed by atoms with van der Waals surface area (Å²) in [5.74, 6) is 0.587. The van der Waals surface area contributed by atoms with Gasteiger partial charge in [-0.25, -0.2) is 0 Å². The number of β-amino-alcohol motifs (C(OH)–C–C–N with tert-alkyl or cyclic N) is 1. The highest BCUT2D eigenvalue weighted by Gasteiger charge is 2.35. The van der Waals surface area contributed by atoms with Crippen LogP contribution in [0.1, 0.15) is 23.3 Å². The minimum Gasteiger partial charge on any atom is -0.490 e. The van der Waals surface area contributed by atoms with E-state index in [1.807, 2.05) is 36.4 Å². The highest BCUT2D eigenvalue weighted by atomic mass is 32.1. The number of benzene rings is 2. The van der Waals surface area contributed by atoms with Crippen molar-refractivity contribution in [1.29, 1.82) is 0 Å². The van der Waals surface area contributed by atoms with E-state index in [-0.39, 0.29) is 12.5 Å². The first-order valence-electron chi connectivity index (χ1n) is 12.9. The number of fused-ring (bicyclic) bond motifs is 1. The second kappa shape index (κ2) is 11.8. The van der Waals surface area contributed by atoms with Gasteiger partial charge in [-0.3, -0.25) is 4.79 Å². The molecule has 3 heterocycles. The van der Waals surface area contributed by atoms with Crippen LogP contribution in [0.4, 0.5) is 0 Å². The summed E-state index contributed by atoms with van der Waals surface area (Å²) in [6.07, 6.45) is 3.94. The molecule has 0 bridgehead atoms. The summed E-state index contributed by atoms with van der Waals surface area (Å²) in [5, 5.41) is 23.1. The maximum absolute atomic E-state index is 12.4. The molecular formula is C29H34N2O5S. The summed E-state index contributed by atoms with van der Waals surface area (Å²) in [6, 6.07) is 17.8. The van der Waals surface area contributed by atoms with E-state index < -0.39 is 11.7 Å². The molecule has 1 atom stereocenters. The molecule has 5 rings (SSSR count). The third kappa shape index (κ3) is 6.40. The van der Waals surface area contributed by atoms with Crippen LogP contribution in [0.15, 0.2) is 60.7 Å². The molecule has 3 aromatic rings. The van der Waals surface area contributed by atoms with Crippen LogP contribution in [0.3, 0.4) is 0 Å². The Labute approximate surface area is 221 Å². The van der Waals surface area contributed by atoms with Crippen molar-refractivity contribution in [2.75, 3.05) is 52.5 Å². The van der Waals surface area contributed by atoms with Crippen LogP contribution in [0, 0.1) is 0 Å².